The Morgan fingerprint density at radius 2 is 2.10 bits per heavy atom. The first-order valence-electron chi connectivity index (χ1n) is 6.90. The van der Waals surface area contributed by atoms with Crippen molar-refractivity contribution in [3.05, 3.63) is 29.8 Å². The van der Waals surface area contributed by atoms with Crippen LogP contribution in [0.1, 0.15) is 18.4 Å². The SMILES string of the molecule is CN(C1CCOCC1)S(=O)(=O)c1cccc(C#CCN)c1. The second-order valence-corrected chi connectivity index (χ2v) is 6.90. The number of nitrogens with zero attached hydrogens (tertiary/aromatic N) is 1. The molecule has 1 aromatic carbocycles. The van der Waals surface area contributed by atoms with Crippen LogP contribution in [0.2, 0.25) is 0 Å². The van der Waals surface area contributed by atoms with Crippen LogP contribution in [0.4, 0.5) is 0 Å². The molecule has 2 N–H and O–H groups in total. The van der Waals surface area contributed by atoms with Crippen LogP contribution in [0.15, 0.2) is 29.2 Å². The van der Waals surface area contributed by atoms with Gasteiger partial charge >= 0.3 is 0 Å². The van der Waals surface area contributed by atoms with Gasteiger partial charge in [0, 0.05) is 31.9 Å². The van der Waals surface area contributed by atoms with Crippen LogP contribution < -0.4 is 5.73 Å². The first-order valence-corrected chi connectivity index (χ1v) is 8.34. The molecule has 114 valence electrons. The zero-order valence-corrected chi connectivity index (χ0v) is 12.9. The maximum Gasteiger partial charge on any atom is 0.243 e. The van der Waals surface area contributed by atoms with Gasteiger partial charge in [0.15, 0.2) is 0 Å². The molecule has 1 fully saturated rings. The van der Waals surface area contributed by atoms with Gasteiger partial charge in [-0.15, -0.1) is 0 Å². The maximum absolute atomic E-state index is 12.7. The summed E-state index contributed by atoms with van der Waals surface area (Å²) in [5, 5.41) is 0. The van der Waals surface area contributed by atoms with Crippen molar-refractivity contribution in [3.63, 3.8) is 0 Å². The zero-order valence-electron chi connectivity index (χ0n) is 12.1. The highest BCUT2D eigenvalue weighted by atomic mass is 32.2. The van der Waals surface area contributed by atoms with Crippen LogP contribution in [-0.2, 0) is 14.8 Å². The van der Waals surface area contributed by atoms with E-state index in [2.05, 4.69) is 11.8 Å². The summed E-state index contributed by atoms with van der Waals surface area (Å²) >= 11 is 0. The van der Waals surface area contributed by atoms with Crippen molar-refractivity contribution in [2.45, 2.75) is 23.8 Å². The minimum Gasteiger partial charge on any atom is -0.381 e. The molecule has 21 heavy (non-hydrogen) atoms. The average Bonchev–Trinajstić information content (AvgIpc) is 2.53. The lowest BCUT2D eigenvalue weighted by atomic mass is 10.1. The first kappa shape index (κ1) is 16.0. The largest absolute Gasteiger partial charge is 0.381 e. The van der Waals surface area contributed by atoms with Crippen molar-refractivity contribution in [1.29, 1.82) is 0 Å². The number of nitrogens with two attached hydrogens (primary N) is 1. The third-order valence-corrected chi connectivity index (χ3v) is 5.46. The fourth-order valence-corrected chi connectivity index (χ4v) is 3.76. The molecule has 2 rings (SSSR count). The first-order chi connectivity index (χ1) is 10.1. The minimum atomic E-state index is -3.51. The molecule has 6 heteroatoms. The summed E-state index contributed by atoms with van der Waals surface area (Å²) in [6.45, 7) is 1.46. The zero-order chi connectivity index (χ0) is 15.3. The van der Waals surface area contributed by atoms with Crippen LogP contribution in [0.3, 0.4) is 0 Å². The van der Waals surface area contributed by atoms with Gasteiger partial charge in [-0.25, -0.2) is 8.42 Å². The molecule has 5 nitrogen and oxygen atoms in total. The summed E-state index contributed by atoms with van der Waals surface area (Å²) in [6.07, 6.45) is 1.45. The van der Waals surface area contributed by atoms with Gasteiger partial charge in [0.25, 0.3) is 0 Å². The maximum atomic E-state index is 12.7. The molecule has 1 aromatic rings. The Labute approximate surface area is 126 Å². The van der Waals surface area contributed by atoms with Crippen LogP contribution in [0.25, 0.3) is 0 Å². The Balaban J connectivity index is 2.26. The predicted molar refractivity (Wildman–Crippen MR) is 81.2 cm³/mol. The molecule has 0 saturated carbocycles. The van der Waals surface area contributed by atoms with E-state index in [0.717, 1.165) is 12.8 Å². The molecular formula is C15H20N2O3S. The van der Waals surface area contributed by atoms with Crippen molar-refractivity contribution < 1.29 is 13.2 Å². The van der Waals surface area contributed by atoms with Crippen molar-refractivity contribution in [3.8, 4) is 11.8 Å². The highest BCUT2D eigenvalue weighted by Gasteiger charge is 2.29. The number of sulfonamides is 1. The minimum absolute atomic E-state index is 0.0115. The normalized spacial score (nSPS) is 16.5. The van der Waals surface area contributed by atoms with Crippen LogP contribution in [-0.4, -0.2) is 45.6 Å². The van der Waals surface area contributed by atoms with Crippen molar-refractivity contribution in [1.82, 2.24) is 4.31 Å². The van der Waals surface area contributed by atoms with Gasteiger partial charge in [-0.05, 0) is 31.0 Å². The van der Waals surface area contributed by atoms with E-state index in [1.807, 2.05) is 0 Å². The van der Waals surface area contributed by atoms with E-state index in [0.29, 0.717) is 18.8 Å². The summed E-state index contributed by atoms with van der Waals surface area (Å²) in [7, 11) is -1.88. The second kappa shape index (κ2) is 7.05. The lowest BCUT2D eigenvalue weighted by Crippen LogP contribution is -2.40. The second-order valence-electron chi connectivity index (χ2n) is 4.90. The monoisotopic (exact) mass is 308 g/mol. The Kier molecular flexibility index (Phi) is 5.37. The third kappa shape index (κ3) is 3.83. The predicted octanol–water partition coefficient (Wildman–Crippen LogP) is 0.796. The van der Waals surface area contributed by atoms with E-state index in [-0.39, 0.29) is 17.5 Å². The molecule has 0 unspecified atom stereocenters. The molecule has 0 amide bonds. The molecule has 0 bridgehead atoms. The third-order valence-electron chi connectivity index (χ3n) is 3.55. The smallest absolute Gasteiger partial charge is 0.243 e. The molecule has 0 spiro atoms. The highest BCUT2D eigenvalue weighted by Crippen LogP contribution is 2.22. The molecule has 0 atom stereocenters. The summed E-state index contributed by atoms with van der Waals surface area (Å²) < 4.78 is 32.1. The summed E-state index contributed by atoms with van der Waals surface area (Å²) in [5.74, 6) is 5.59. The molecule has 1 aliphatic heterocycles. The fourth-order valence-electron chi connectivity index (χ4n) is 2.30. The molecule has 0 aromatic heterocycles. The van der Waals surface area contributed by atoms with Crippen molar-refractivity contribution >= 4 is 10.0 Å². The average molecular weight is 308 g/mol. The molecule has 0 aliphatic carbocycles. The summed E-state index contributed by atoms with van der Waals surface area (Å²) in [5.41, 5.74) is 5.99. The Morgan fingerprint density at radius 1 is 1.38 bits per heavy atom. The van der Waals surface area contributed by atoms with Crippen LogP contribution in [0, 0.1) is 11.8 Å². The Bertz CT molecular complexity index is 640. The quantitative estimate of drug-likeness (QED) is 0.838. The van der Waals surface area contributed by atoms with E-state index in [1.54, 1.807) is 31.3 Å². The van der Waals surface area contributed by atoms with Gasteiger partial charge in [0.2, 0.25) is 10.0 Å². The highest BCUT2D eigenvalue weighted by molar-refractivity contribution is 7.89. The summed E-state index contributed by atoms with van der Waals surface area (Å²) in [4.78, 5) is 0.264. The van der Waals surface area contributed by atoms with Crippen LogP contribution in [0.5, 0.6) is 0 Å². The van der Waals surface area contributed by atoms with Gasteiger partial charge in [-0.1, -0.05) is 17.9 Å². The lowest BCUT2D eigenvalue weighted by molar-refractivity contribution is 0.0632. The van der Waals surface area contributed by atoms with E-state index >= 15 is 0 Å². The van der Waals surface area contributed by atoms with Gasteiger partial charge in [-0.2, -0.15) is 4.31 Å². The van der Waals surface area contributed by atoms with E-state index in [9.17, 15) is 8.42 Å². The summed E-state index contributed by atoms with van der Waals surface area (Å²) in [6, 6.07) is 6.65. The molecule has 1 aliphatic rings. The number of rotatable bonds is 3. The van der Waals surface area contributed by atoms with Crippen molar-refractivity contribution in [2.75, 3.05) is 26.8 Å². The number of hydrogen-bond acceptors (Lipinski definition) is 4. The molecule has 0 radical (unpaired) electrons. The topological polar surface area (TPSA) is 72.6 Å². The Morgan fingerprint density at radius 3 is 2.76 bits per heavy atom. The number of hydrogen-bond donors (Lipinski definition) is 1. The molecule has 1 saturated heterocycles. The van der Waals surface area contributed by atoms with Gasteiger partial charge in [0.1, 0.15) is 0 Å². The lowest BCUT2D eigenvalue weighted by Gasteiger charge is -2.30. The molecular weight excluding hydrogens is 288 g/mol. The number of benzene rings is 1. The Hall–Kier alpha value is -1.39. The molecule has 1 heterocycles. The fraction of sp³-hybridized carbons (Fsp3) is 0.467. The van der Waals surface area contributed by atoms with E-state index < -0.39 is 10.0 Å². The van der Waals surface area contributed by atoms with Crippen molar-refractivity contribution in [2.24, 2.45) is 5.73 Å². The number of ether oxygens (including phenoxy) is 1. The standard InChI is InChI=1S/C15H20N2O3S/c1-17(14-7-10-20-11-8-14)21(18,19)15-6-2-4-13(12-15)5-3-9-16/h2,4,6,12,14H,7-11,16H2,1H3. The van der Waals surface area contributed by atoms with E-state index in [4.69, 9.17) is 10.5 Å². The van der Waals surface area contributed by atoms with Gasteiger partial charge < -0.3 is 10.5 Å². The van der Waals surface area contributed by atoms with E-state index in [1.165, 1.54) is 4.31 Å². The van der Waals surface area contributed by atoms with Gasteiger partial charge in [-0.3, -0.25) is 0 Å². The van der Waals surface area contributed by atoms with Gasteiger partial charge in [0.05, 0.1) is 11.4 Å². The van der Waals surface area contributed by atoms with Crippen LogP contribution >= 0.6 is 0 Å².